The molecule has 0 aromatic heterocycles. The normalized spacial score (nSPS) is 15.9. The summed E-state index contributed by atoms with van der Waals surface area (Å²) in [6, 6.07) is 5.64. The lowest BCUT2D eigenvalue weighted by Crippen LogP contribution is -2.51. The zero-order valence-electron chi connectivity index (χ0n) is 14.3. The molecule has 0 radical (unpaired) electrons. The third-order valence-corrected chi connectivity index (χ3v) is 3.52. The Morgan fingerprint density at radius 1 is 1.12 bits per heavy atom. The molecule has 1 fully saturated rings. The Labute approximate surface area is 141 Å². The molecule has 0 atom stereocenters. The molecular weight excluding hydrogens is 313 g/mol. The second-order valence-electron chi connectivity index (χ2n) is 6.80. The predicted molar refractivity (Wildman–Crippen MR) is 89.3 cm³/mol. The summed E-state index contributed by atoms with van der Waals surface area (Å²) in [6.45, 7) is 8.01. The largest absolute Gasteiger partial charge is 0.444 e. The Balaban J connectivity index is 1.75. The van der Waals surface area contributed by atoms with Gasteiger partial charge in [0.05, 0.1) is 6.54 Å². The number of halogens is 1. The van der Waals surface area contributed by atoms with Crippen LogP contribution in [0.1, 0.15) is 20.8 Å². The van der Waals surface area contributed by atoms with Crippen molar-refractivity contribution in [1.29, 1.82) is 0 Å². The standard InChI is InChI=1S/C17H24FN3O3/c1-17(2,3)24-16(23)21-10-8-20(9-11-21)12-15(22)19-14-6-4-13(18)5-7-14/h4-7H,8-12H2,1-3H3,(H,19,22). The van der Waals surface area contributed by atoms with E-state index in [0.717, 1.165) is 0 Å². The molecule has 0 unspecified atom stereocenters. The maximum absolute atomic E-state index is 12.8. The number of nitrogens with one attached hydrogen (secondary N) is 1. The summed E-state index contributed by atoms with van der Waals surface area (Å²) in [7, 11) is 0. The number of piperazine rings is 1. The Bertz CT molecular complexity index is 576. The van der Waals surface area contributed by atoms with Crippen LogP contribution in [0.15, 0.2) is 24.3 Å². The first-order valence-electron chi connectivity index (χ1n) is 7.99. The second kappa shape index (κ2) is 7.61. The molecule has 24 heavy (non-hydrogen) atoms. The van der Waals surface area contributed by atoms with Crippen molar-refractivity contribution in [2.24, 2.45) is 0 Å². The van der Waals surface area contributed by atoms with Gasteiger partial charge in [0.2, 0.25) is 5.91 Å². The highest BCUT2D eigenvalue weighted by Crippen LogP contribution is 2.12. The average molecular weight is 337 g/mol. The molecule has 0 spiro atoms. The number of hydrogen-bond donors (Lipinski definition) is 1. The van der Waals surface area contributed by atoms with Crippen molar-refractivity contribution in [1.82, 2.24) is 9.80 Å². The van der Waals surface area contributed by atoms with E-state index in [1.807, 2.05) is 25.7 Å². The van der Waals surface area contributed by atoms with Crippen molar-refractivity contribution >= 4 is 17.7 Å². The van der Waals surface area contributed by atoms with Crippen molar-refractivity contribution in [2.75, 3.05) is 38.0 Å². The van der Waals surface area contributed by atoms with E-state index in [1.165, 1.54) is 24.3 Å². The van der Waals surface area contributed by atoms with Gasteiger partial charge in [-0.15, -0.1) is 0 Å². The fourth-order valence-electron chi connectivity index (χ4n) is 2.35. The number of anilines is 1. The summed E-state index contributed by atoms with van der Waals surface area (Å²) in [5.41, 5.74) is 0.0530. The topological polar surface area (TPSA) is 61.9 Å². The Morgan fingerprint density at radius 2 is 1.71 bits per heavy atom. The minimum Gasteiger partial charge on any atom is -0.444 e. The molecular formula is C17H24FN3O3. The molecule has 7 heteroatoms. The smallest absolute Gasteiger partial charge is 0.410 e. The predicted octanol–water partition coefficient (Wildman–Crippen LogP) is 2.32. The first-order chi connectivity index (χ1) is 11.2. The van der Waals surface area contributed by atoms with Crippen molar-refractivity contribution in [3.8, 4) is 0 Å². The number of amides is 2. The Hall–Kier alpha value is -2.15. The number of nitrogens with zero attached hydrogens (tertiary/aromatic N) is 2. The zero-order valence-corrected chi connectivity index (χ0v) is 14.3. The number of carbonyl (C=O) groups excluding carboxylic acids is 2. The molecule has 1 saturated heterocycles. The lowest BCUT2D eigenvalue weighted by molar-refractivity contribution is -0.117. The van der Waals surface area contributed by atoms with E-state index >= 15 is 0 Å². The van der Waals surface area contributed by atoms with Crippen molar-refractivity contribution in [3.05, 3.63) is 30.1 Å². The lowest BCUT2D eigenvalue weighted by atomic mass is 10.2. The molecule has 0 saturated carbocycles. The average Bonchev–Trinajstić information content (AvgIpc) is 2.48. The summed E-state index contributed by atoms with van der Waals surface area (Å²) < 4.78 is 18.2. The van der Waals surface area contributed by atoms with Crippen LogP contribution in [0.4, 0.5) is 14.9 Å². The van der Waals surface area contributed by atoms with E-state index in [1.54, 1.807) is 4.90 Å². The highest BCUT2D eigenvalue weighted by Gasteiger charge is 2.26. The van der Waals surface area contributed by atoms with Gasteiger partial charge >= 0.3 is 6.09 Å². The monoisotopic (exact) mass is 337 g/mol. The highest BCUT2D eigenvalue weighted by atomic mass is 19.1. The van der Waals surface area contributed by atoms with E-state index in [4.69, 9.17) is 4.74 Å². The number of rotatable bonds is 3. The van der Waals surface area contributed by atoms with Gasteiger partial charge in [-0.05, 0) is 45.0 Å². The van der Waals surface area contributed by atoms with E-state index in [2.05, 4.69) is 5.32 Å². The summed E-state index contributed by atoms with van der Waals surface area (Å²) >= 11 is 0. The summed E-state index contributed by atoms with van der Waals surface area (Å²) in [4.78, 5) is 27.6. The van der Waals surface area contributed by atoms with Crippen LogP contribution < -0.4 is 5.32 Å². The van der Waals surface area contributed by atoms with Crippen LogP contribution >= 0.6 is 0 Å². The molecule has 1 aromatic rings. The third-order valence-electron chi connectivity index (χ3n) is 3.52. The number of carbonyl (C=O) groups is 2. The van der Waals surface area contributed by atoms with Crippen LogP contribution in [0.2, 0.25) is 0 Å². The third kappa shape index (κ3) is 5.81. The molecule has 6 nitrogen and oxygen atoms in total. The molecule has 2 amide bonds. The highest BCUT2D eigenvalue weighted by molar-refractivity contribution is 5.92. The van der Waals surface area contributed by atoms with Crippen LogP contribution in [0.3, 0.4) is 0 Å². The van der Waals surface area contributed by atoms with Gasteiger partial charge in [-0.2, -0.15) is 0 Å². The summed E-state index contributed by atoms with van der Waals surface area (Å²) in [5, 5.41) is 2.73. The summed E-state index contributed by atoms with van der Waals surface area (Å²) in [5.74, 6) is -0.501. The van der Waals surface area contributed by atoms with E-state index in [-0.39, 0.29) is 24.4 Å². The van der Waals surface area contributed by atoms with Crippen molar-refractivity contribution < 1.29 is 18.7 Å². The van der Waals surface area contributed by atoms with Crippen molar-refractivity contribution in [3.63, 3.8) is 0 Å². The first-order valence-corrected chi connectivity index (χ1v) is 7.99. The Kier molecular flexibility index (Phi) is 5.77. The zero-order chi connectivity index (χ0) is 17.7. The fourth-order valence-corrected chi connectivity index (χ4v) is 2.35. The van der Waals surface area contributed by atoms with Gasteiger partial charge in [0.1, 0.15) is 11.4 Å². The first kappa shape index (κ1) is 18.2. The maximum Gasteiger partial charge on any atom is 0.410 e. The molecule has 1 aliphatic heterocycles. The van der Waals surface area contributed by atoms with Gasteiger partial charge in [-0.1, -0.05) is 0 Å². The van der Waals surface area contributed by atoms with Gasteiger partial charge in [-0.25, -0.2) is 9.18 Å². The van der Waals surface area contributed by atoms with Crippen LogP contribution in [0, 0.1) is 5.82 Å². The SMILES string of the molecule is CC(C)(C)OC(=O)N1CCN(CC(=O)Nc2ccc(F)cc2)CC1. The van der Waals surface area contributed by atoms with E-state index < -0.39 is 5.60 Å². The molecule has 2 rings (SSSR count). The van der Waals surface area contributed by atoms with Crippen LogP contribution in [0.5, 0.6) is 0 Å². The van der Waals surface area contributed by atoms with Crippen LogP contribution in [-0.2, 0) is 9.53 Å². The molecule has 1 heterocycles. The Morgan fingerprint density at radius 3 is 2.25 bits per heavy atom. The van der Waals surface area contributed by atoms with Gasteiger partial charge < -0.3 is 15.0 Å². The van der Waals surface area contributed by atoms with Gasteiger partial charge in [0, 0.05) is 31.9 Å². The lowest BCUT2D eigenvalue weighted by Gasteiger charge is -2.35. The number of ether oxygens (including phenoxy) is 1. The molecule has 1 N–H and O–H groups in total. The van der Waals surface area contributed by atoms with Crippen LogP contribution in [-0.4, -0.2) is 60.1 Å². The molecule has 132 valence electrons. The molecule has 1 aliphatic rings. The minimum atomic E-state index is -0.511. The van der Waals surface area contributed by atoms with Gasteiger partial charge in [0.15, 0.2) is 0 Å². The molecule has 1 aromatic carbocycles. The maximum atomic E-state index is 12.8. The van der Waals surface area contributed by atoms with E-state index in [0.29, 0.717) is 31.9 Å². The van der Waals surface area contributed by atoms with E-state index in [9.17, 15) is 14.0 Å². The minimum absolute atomic E-state index is 0.160. The summed E-state index contributed by atoms with van der Waals surface area (Å²) in [6.07, 6.45) is -0.321. The number of benzene rings is 1. The molecule has 0 aliphatic carbocycles. The number of hydrogen-bond acceptors (Lipinski definition) is 4. The van der Waals surface area contributed by atoms with Gasteiger partial charge in [0.25, 0.3) is 0 Å². The van der Waals surface area contributed by atoms with Crippen LogP contribution in [0.25, 0.3) is 0 Å². The second-order valence-corrected chi connectivity index (χ2v) is 6.80. The van der Waals surface area contributed by atoms with Crippen molar-refractivity contribution in [2.45, 2.75) is 26.4 Å². The molecule has 0 bridgehead atoms. The fraction of sp³-hybridized carbons (Fsp3) is 0.529. The van der Waals surface area contributed by atoms with Gasteiger partial charge in [-0.3, -0.25) is 9.69 Å². The quantitative estimate of drug-likeness (QED) is 0.919.